The van der Waals surface area contributed by atoms with Crippen molar-refractivity contribution >= 4 is 29.3 Å². The van der Waals surface area contributed by atoms with E-state index in [1.165, 1.54) is 11.8 Å². The number of thioether (sulfide) groups is 2. The standard InChI is InChI=1S/C18H20N2O3S2/c1-12-10-14-16(25-12)17(22)20(8-9-23-2)18(19-14)24-11-15(21)13-6-4-3-5-7-13/h3-7,12H,8-11H2,1-2H3/t12-/m0/s1. The minimum atomic E-state index is -0.0222. The first-order chi connectivity index (χ1) is 12.1. The molecule has 1 aromatic carbocycles. The summed E-state index contributed by atoms with van der Waals surface area (Å²) in [7, 11) is 1.61. The van der Waals surface area contributed by atoms with Crippen molar-refractivity contribution < 1.29 is 9.53 Å². The van der Waals surface area contributed by atoms with E-state index in [2.05, 4.69) is 11.9 Å². The van der Waals surface area contributed by atoms with Gasteiger partial charge in [0.2, 0.25) is 0 Å². The molecule has 0 spiro atoms. The third kappa shape index (κ3) is 4.16. The molecule has 3 rings (SSSR count). The van der Waals surface area contributed by atoms with E-state index >= 15 is 0 Å². The zero-order valence-electron chi connectivity index (χ0n) is 14.2. The smallest absolute Gasteiger partial charge is 0.268 e. The third-order valence-corrected chi connectivity index (χ3v) is 6.10. The molecule has 1 aromatic heterocycles. The number of hydrogen-bond acceptors (Lipinski definition) is 6. The van der Waals surface area contributed by atoms with Crippen LogP contribution in [-0.2, 0) is 17.7 Å². The Morgan fingerprint density at radius 2 is 2.16 bits per heavy atom. The Balaban J connectivity index is 1.84. The first-order valence-electron chi connectivity index (χ1n) is 8.10. The largest absolute Gasteiger partial charge is 0.383 e. The number of Topliss-reactive ketones (excluding diaryl/α,β-unsaturated/α-hetero) is 1. The van der Waals surface area contributed by atoms with Crippen molar-refractivity contribution in [2.45, 2.75) is 35.2 Å². The zero-order valence-corrected chi connectivity index (χ0v) is 15.9. The van der Waals surface area contributed by atoms with E-state index in [1.54, 1.807) is 35.6 Å². The summed E-state index contributed by atoms with van der Waals surface area (Å²) < 4.78 is 6.76. The predicted molar refractivity (Wildman–Crippen MR) is 101 cm³/mol. The molecule has 132 valence electrons. The lowest BCUT2D eigenvalue weighted by Gasteiger charge is -2.13. The average molecular weight is 377 g/mol. The summed E-state index contributed by atoms with van der Waals surface area (Å²) in [6.45, 7) is 2.96. The molecule has 0 amide bonds. The van der Waals surface area contributed by atoms with Gasteiger partial charge in [0.05, 0.1) is 29.5 Å². The molecule has 0 radical (unpaired) electrons. The number of fused-ring (bicyclic) bond motifs is 1. The highest BCUT2D eigenvalue weighted by atomic mass is 32.2. The molecule has 1 atom stereocenters. The fourth-order valence-corrected chi connectivity index (χ4v) is 4.71. The number of rotatable bonds is 7. The van der Waals surface area contributed by atoms with Crippen molar-refractivity contribution in [2.24, 2.45) is 0 Å². The van der Waals surface area contributed by atoms with E-state index in [9.17, 15) is 9.59 Å². The van der Waals surface area contributed by atoms with Crippen LogP contribution in [0.5, 0.6) is 0 Å². The minimum absolute atomic E-state index is 0.0222. The normalized spacial score (nSPS) is 16.0. The summed E-state index contributed by atoms with van der Waals surface area (Å²) in [5.41, 5.74) is 1.50. The van der Waals surface area contributed by atoms with Gasteiger partial charge in [0.25, 0.3) is 5.56 Å². The van der Waals surface area contributed by atoms with E-state index in [4.69, 9.17) is 4.74 Å². The van der Waals surface area contributed by atoms with E-state index in [0.717, 1.165) is 17.0 Å². The lowest BCUT2D eigenvalue weighted by Crippen LogP contribution is -2.27. The first-order valence-corrected chi connectivity index (χ1v) is 9.97. The molecule has 2 heterocycles. The van der Waals surface area contributed by atoms with Crippen LogP contribution in [0.2, 0.25) is 0 Å². The summed E-state index contributed by atoms with van der Waals surface area (Å²) in [6.07, 6.45) is 0.792. The summed E-state index contributed by atoms with van der Waals surface area (Å²) in [5, 5.41) is 0.956. The number of hydrogen-bond donors (Lipinski definition) is 0. The molecule has 0 fully saturated rings. The molecule has 0 aliphatic carbocycles. The second kappa shape index (κ2) is 8.21. The maximum absolute atomic E-state index is 12.8. The molecule has 0 saturated carbocycles. The zero-order chi connectivity index (χ0) is 17.8. The van der Waals surface area contributed by atoms with Gasteiger partial charge in [0.1, 0.15) is 0 Å². The van der Waals surface area contributed by atoms with Crippen LogP contribution < -0.4 is 5.56 Å². The van der Waals surface area contributed by atoms with Crippen LogP contribution in [0.3, 0.4) is 0 Å². The van der Waals surface area contributed by atoms with Crippen LogP contribution in [0, 0.1) is 0 Å². The summed E-state index contributed by atoms with van der Waals surface area (Å²) in [6, 6.07) is 9.18. The Bertz CT molecular complexity index is 821. The Hall–Kier alpha value is -1.57. The van der Waals surface area contributed by atoms with Crippen molar-refractivity contribution in [1.29, 1.82) is 0 Å². The van der Waals surface area contributed by atoms with Crippen molar-refractivity contribution in [2.75, 3.05) is 19.5 Å². The Kier molecular flexibility index (Phi) is 5.98. The van der Waals surface area contributed by atoms with Crippen LogP contribution in [-0.4, -0.2) is 40.1 Å². The lowest BCUT2D eigenvalue weighted by molar-refractivity contribution is 0.102. The van der Waals surface area contributed by atoms with Gasteiger partial charge in [-0.15, -0.1) is 11.8 Å². The highest BCUT2D eigenvalue weighted by molar-refractivity contribution is 8.00. The number of carbonyl (C=O) groups excluding carboxylic acids is 1. The third-order valence-electron chi connectivity index (χ3n) is 3.91. The van der Waals surface area contributed by atoms with Crippen LogP contribution in [0.25, 0.3) is 0 Å². The van der Waals surface area contributed by atoms with Gasteiger partial charge in [-0.2, -0.15) is 0 Å². The van der Waals surface area contributed by atoms with Crippen molar-refractivity contribution in [3.05, 3.63) is 51.9 Å². The number of ether oxygens (including phenoxy) is 1. The van der Waals surface area contributed by atoms with Gasteiger partial charge in [0.15, 0.2) is 10.9 Å². The van der Waals surface area contributed by atoms with Gasteiger partial charge >= 0.3 is 0 Å². The molecule has 0 saturated heterocycles. The Morgan fingerprint density at radius 1 is 1.40 bits per heavy atom. The highest BCUT2D eigenvalue weighted by Gasteiger charge is 2.26. The fourth-order valence-electron chi connectivity index (χ4n) is 2.66. The molecular formula is C18H20N2O3S2. The second-order valence-electron chi connectivity index (χ2n) is 5.83. The fraction of sp³-hybridized carbons (Fsp3) is 0.389. The van der Waals surface area contributed by atoms with Crippen LogP contribution in [0.15, 0.2) is 45.2 Å². The summed E-state index contributed by atoms with van der Waals surface area (Å²) in [4.78, 5) is 30.6. The number of benzene rings is 1. The molecule has 0 unspecified atom stereocenters. The second-order valence-corrected chi connectivity index (χ2v) is 8.22. The van der Waals surface area contributed by atoms with Gasteiger partial charge in [-0.1, -0.05) is 49.0 Å². The highest BCUT2D eigenvalue weighted by Crippen LogP contribution is 2.34. The van der Waals surface area contributed by atoms with Crippen molar-refractivity contribution in [1.82, 2.24) is 9.55 Å². The van der Waals surface area contributed by atoms with Gasteiger partial charge in [-0.05, 0) is 0 Å². The Morgan fingerprint density at radius 3 is 2.88 bits per heavy atom. The van der Waals surface area contributed by atoms with Gasteiger partial charge in [-0.3, -0.25) is 14.2 Å². The van der Waals surface area contributed by atoms with Crippen molar-refractivity contribution in [3.8, 4) is 0 Å². The molecule has 0 bridgehead atoms. The maximum atomic E-state index is 12.8. The van der Waals surface area contributed by atoms with Crippen LogP contribution in [0.1, 0.15) is 23.0 Å². The number of nitrogens with zero attached hydrogens (tertiary/aromatic N) is 2. The molecule has 1 aliphatic heterocycles. The quantitative estimate of drug-likeness (QED) is 0.421. The summed E-state index contributed by atoms with van der Waals surface area (Å²) in [5.74, 6) is 0.284. The molecule has 25 heavy (non-hydrogen) atoms. The van der Waals surface area contributed by atoms with Crippen LogP contribution >= 0.6 is 23.5 Å². The molecular weight excluding hydrogens is 356 g/mol. The minimum Gasteiger partial charge on any atom is -0.383 e. The number of aromatic nitrogens is 2. The van der Waals surface area contributed by atoms with E-state index in [1.807, 2.05) is 18.2 Å². The maximum Gasteiger partial charge on any atom is 0.268 e. The number of ketones is 1. The average Bonchev–Trinajstić information content (AvgIpc) is 3.00. The summed E-state index contributed by atoms with van der Waals surface area (Å²) >= 11 is 2.90. The molecule has 7 heteroatoms. The van der Waals surface area contributed by atoms with Crippen LogP contribution in [0.4, 0.5) is 0 Å². The molecule has 1 aliphatic rings. The van der Waals surface area contributed by atoms with E-state index < -0.39 is 0 Å². The van der Waals surface area contributed by atoms with Crippen molar-refractivity contribution in [3.63, 3.8) is 0 Å². The monoisotopic (exact) mass is 376 g/mol. The topological polar surface area (TPSA) is 61.2 Å². The molecule has 5 nitrogen and oxygen atoms in total. The van der Waals surface area contributed by atoms with E-state index in [-0.39, 0.29) is 17.1 Å². The SMILES string of the molecule is COCCn1c(SCC(=O)c2ccccc2)nc2c(c1=O)S[C@@H](C)C2. The first kappa shape index (κ1) is 18.2. The predicted octanol–water partition coefficient (Wildman–Crippen LogP) is 2.90. The van der Waals surface area contributed by atoms with Gasteiger partial charge in [-0.25, -0.2) is 4.98 Å². The van der Waals surface area contributed by atoms with E-state index in [0.29, 0.717) is 29.1 Å². The lowest BCUT2D eigenvalue weighted by atomic mass is 10.2. The number of carbonyl (C=O) groups is 1. The molecule has 0 N–H and O–H groups in total. The van der Waals surface area contributed by atoms with Gasteiger partial charge in [0, 0.05) is 24.3 Å². The van der Waals surface area contributed by atoms with Gasteiger partial charge < -0.3 is 4.74 Å². The molecule has 2 aromatic rings. The number of methoxy groups -OCH3 is 1. The Labute approximate surface area is 155 Å².